The zero-order valence-electron chi connectivity index (χ0n) is 18.1. The lowest BCUT2D eigenvalue weighted by molar-refractivity contribution is -0.146. The first-order chi connectivity index (χ1) is 15.3. The van der Waals surface area contributed by atoms with Crippen LogP contribution in [0, 0.1) is 5.92 Å². The van der Waals surface area contributed by atoms with Gasteiger partial charge in [-0.2, -0.15) is 0 Å². The average molecular weight is 466 g/mol. The van der Waals surface area contributed by atoms with Gasteiger partial charge in [-0.05, 0) is 52.4 Å². The van der Waals surface area contributed by atoms with Crippen molar-refractivity contribution in [2.45, 2.75) is 32.1 Å². The number of rotatable bonds is 7. The number of aromatic nitrogens is 1. The van der Waals surface area contributed by atoms with Crippen molar-refractivity contribution in [3.05, 3.63) is 87.7 Å². The Hall–Kier alpha value is -2.89. The van der Waals surface area contributed by atoms with E-state index in [0.717, 1.165) is 15.6 Å². The fraction of sp³-hybridized carbons (Fsp3) is 0.231. The molecule has 0 spiro atoms. The molecule has 0 aliphatic heterocycles. The Morgan fingerprint density at radius 2 is 1.81 bits per heavy atom. The first-order valence-corrected chi connectivity index (χ1v) is 11.7. The Morgan fingerprint density at radius 1 is 1.06 bits per heavy atom. The summed E-state index contributed by atoms with van der Waals surface area (Å²) in [6.45, 7) is 5.84. The number of aliphatic carboxylic acids is 1. The Morgan fingerprint density at radius 3 is 2.50 bits per heavy atom. The number of hydrogen-bond donors (Lipinski definition) is 1. The van der Waals surface area contributed by atoms with E-state index in [9.17, 15) is 9.90 Å². The molecule has 1 N–H and O–H groups in total. The van der Waals surface area contributed by atoms with E-state index in [1.54, 1.807) is 6.07 Å². The lowest BCUT2D eigenvalue weighted by atomic mass is 9.65. The Kier molecular flexibility index (Phi) is 6.22. The first kappa shape index (κ1) is 22.3. The van der Waals surface area contributed by atoms with Crippen molar-refractivity contribution in [2.24, 2.45) is 5.92 Å². The fourth-order valence-electron chi connectivity index (χ4n) is 4.40. The molecule has 0 aliphatic carbocycles. The quantitative estimate of drug-likeness (QED) is 0.306. The van der Waals surface area contributed by atoms with Crippen LogP contribution in [-0.2, 0) is 10.2 Å². The number of pyridine rings is 1. The maximum absolute atomic E-state index is 13.0. The number of ether oxygens (including phenoxy) is 1. The molecule has 164 valence electrons. The van der Waals surface area contributed by atoms with Gasteiger partial charge in [-0.15, -0.1) is 11.3 Å². The van der Waals surface area contributed by atoms with Crippen molar-refractivity contribution in [3.63, 3.8) is 0 Å². The van der Waals surface area contributed by atoms with Crippen molar-refractivity contribution in [1.29, 1.82) is 0 Å². The molecule has 2 atom stereocenters. The van der Waals surface area contributed by atoms with E-state index in [1.807, 2.05) is 86.8 Å². The number of fused-ring (bicyclic) bond motifs is 1. The summed E-state index contributed by atoms with van der Waals surface area (Å²) in [5.74, 6) is -0.342. The van der Waals surface area contributed by atoms with Crippen molar-refractivity contribution in [1.82, 2.24) is 4.98 Å². The highest BCUT2D eigenvalue weighted by atomic mass is 35.5. The number of para-hydroxylation sites is 1. The summed E-state index contributed by atoms with van der Waals surface area (Å²) < 4.78 is 5.91. The van der Waals surface area contributed by atoms with Crippen LogP contribution in [0.2, 0.25) is 5.02 Å². The number of hydrogen-bond acceptors (Lipinski definition) is 4. The van der Waals surface area contributed by atoms with Crippen molar-refractivity contribution in [2.75, 3.05) is 0 Å². The Balaban J connectivity index is 1.82. The second kappa shape index (κ2) is 8.93. The number of halogens is 1. The molecule has 0 aliphatic rings. The summed E-state index contributed by atoms with van der Waals surface area (Å²) in [4.78, 5) is 18.5. The molecule has 2 aromatic heterocycles. The molecule has 4 rings (SSSR count). The molecule has 0 radical (unpaired) electrons. The van der Waals surface area contributed by atoms with E-state index < -0.39 is 17.3 Å². The van der Waals surface area contributed by atoms with Crippen LogP contribution < -0.4 is 4.74 Å². The van der Waals surface area contributed by atoms with Crippen molar-refractivity contribution in [3.8, 4) is 11.6 Å². The fourth-order valence-corrected chi connectivity index (χ4v) is 6.03. The highest BCUT2D eigenvalue weighted by molar-refractivity contribution is 7.12. The van der Waals surface area contributed by atoms with Crippen LogP contribution in [0.15, 0.2) is 72.1 Å². The van der Waals surface area contributed by atoms with E-state index in [-0.39, 0.29) is 5.92 Å². The third-order valence-electron chi connectivity index (χ3n) is 6.04. The molecule has 2 aromatic carbocycles. The van der Waals surface area contributed by atoms with Gasteiger partial charge in [0.1, 0.15) is 11.2 Å². The van der Waals surface area contributed by atoms with Crippen LogP contribution in [-0.4, -0.2) is 16.1 Å². The van der Waals surface area contributed by atoms with Crippen LogP contribution >= 0.6 is 22.9 Å². The third-order valence-corrected chi connectivity index (χ3v) is 7.44. The van der Waals surface area contributed by atoms with Gasteiger partial charge >= 0.3 is 5.97 Å². The predicted molar refractivity (Wildman–Crippen MR) is 130 cm³/mol. The third kappa shape index (κ3) is 3.87. The molecule has 2 heterocycles. The van der Waals surface area contributed by atoms with Crippen molar-refractivity contribution < 1.29 is 14.6 Å². The van der Waals surface area contributed by atoms with Crippen LogP contribution in [0.25, 0.3) is 10.8 Å². The smallest absolute Gasteiger partial charge is 0.315 e. The zero-order valence-corrected chi connectivity index (χ0v) is 19.7. The second-order valence-corrected chi connectivity index (χ2v) is 9.48. The second-order valence-electron chi connectivity index (χ2n) is 8.16. The number of carboxylic acid groups (broad SMARTS) is 1. The van der Waals surface area contributed by atoms with Crippen LogP contribution in [0.5, 0.6) is 11.6 Å². The topological polar surface area (TPSA) is 59.4 Å². The molecule has 0 saturated heterocycles. The van der Waals surface area contributed by atoms with Crippen LogP contribution in [0.4, 0.5) is 0 Å². The largest absolute Gasteiger partial charge is 0.481 e. The highest BCUT2D eigenvalue weighted by Gasteiger charge is 2.51. The van der Waals surface area contributed by atoms with E-state index in [1.165, 1.54) is 11.3 Å². The molecule has 2 unspecified atom stereocenters. The van der Waals surface area contributed by atoms with Crippen LogP contribution in [0.3, 0.4) is 0 Å². The molecule has 0 amide bonds. The number of thiophene rings is 1. The molecule has 4 aromatic rings. The minimum atomic E-state index is -1.17. The van der Waals surface area contributed by atoms with E-state index in [2.05, 4.69) is 0 Å². The lowest BCUT2D eigenvalue weighted by Gasteiger charge is -2.38. The van der Waals surface area contributed by atoms with Gasteiger partial charge < -0.3 is 9.84 Å². The molecule has 4 nitrogen and oxygen atoms in total. The summed E-state index contributed by atoms with van der Waals surface area (Å²) in [6, 6.07) is 20.5. The summed E-state index contributed by atoms with van der Waals surface area (Å²) in [6.07, 6.45) is 0. The summed E-state index contributed by atoms with van der Waals surface area (Å²) in [5.41, 5.74) is -0.497. The predicted octanol–water partition coefficient (Wildman–Crippen LogP) is 7.52. The van der Waals surface area contributed by atoms with Gasteiger partial charge in [-0.25, -0.2) is 4.98 Å². The minimum Gasteiger partial charge on any atom is -0.481 e. The maximum Gasteiger partial charge on any atom is 0.315 e. The Labute approximate surface area is 196 Å². The zero-order chi connectivity index (χ0) is 22.9. The number of carboxylic acids is 1. The van der Waals surface area contributed by atoms with E-state index in [4.69, 9.17) is 21.3 Å². The number of nitrogens with zero attached hydrogens (tertiary/aromatic N) is 1. The lowest BCUT2D eigenvalue weighted by Crippen LogP contribution is -2.45. The van der Waals surface area contributed by atoms with Gasteiger partial charge in [-0.1, -0.05) is 62.7 Å². The molecule has 6 heteroatoms. The van der Waals surface area contributed by atoms with Gasteiger partial charge in [0.05, 0.1) is 0 Å². The molecule has 0 saturated carbocycles. The Bertz CT molecular complexity index is 1250. The standard InChI is InChI=1S/C26H24ClNO3S/c1-16(2)26(25(29)30,24-21-13-12-19(27)14-18(21)15-32-24)17(3)22-10-7-11-23(28-22)31-20-8-5-4-6-9-20/h4-17H,1-3H3,(H,29,30). The number of benzene rings is 2. The van der Waals surface area contributed by atoms with Gasteiger partial charge in [0.25, 0.3) is 0 Å². The van der Waals surface area contributed by atoms with Gasteiger partial charge in [-0.3, -0.25) is 4.79 Å². The van der Waals surface area contributed by atoms with Gasteiger partial charge in [0, 0.05) is 27.6 Å². The average Bonchev–Trinajstić information content (AvgIpc) is 3.17. The first-order valence-electron chi connectivity index (χ1n) is 10.4. The van der Waals surface area contributed by atoms with Gasteiger partial charge in [0.2, 0.25) is 5.88 Å². The SMILES string of the molecule is CC(C)C(C(=O)O)(c1scc2cc(Cl)ccc12)C(C)c1cccc(Oc2ccccc2)n1. The van der Waals surface area contributed by atoms with Gasteiger partial charge in [0.15, 0.2) is 0 Å². The summed E-state index contributed by atoms with van der Waals surface area (Å²) in [7, 11) is 0. The normalized spacial score (nSPS) is 14.3. The summed E-state index contributed by atoms with van der Waals surface area (Å²) in [5, 5.41) is 15.1. The monoisotopic (exact) mass is 465 g/mol. The van der Waals surface area contributed by atoms with E-state index >= 15 is 0 Å². The summed E-state index contributed by atoms with van der Waals surface area (Å²) >= 11 is 7.64. The number of carbonyl (C=O) groups is 1. The minimum absolute atomic E-state index is 0.187. The van der Waals surface area contributed by atoms with Crippen molar-refractivity contribution >= 4 is 39.7 Å². The molecular formula is C26H24ClNO3S. The highest BCUT2D eigenvalue weighted by Crippen LogP contribution is 2.50. The maximum atomic E-state index is 13.0. The molecule has 0 fully saturated rings. The molecule has 32 heavy (non-hydrogen) atoms. The van der Waals surface area contributed by atoms with Crippen LogP contribution in [0.1, 0.15) is 37.3 Å². The molecule has 0 bridgehead atoms. The molecular weight excluding hydrogens is 442 g/mol. The van der Waals surface area contributed by atoms with E-state index in [0.29, 0.717) is 22.3 Å².